The first-order valence-corrected chi connectivity index (χ1v) is 9.99. The Morgan fingerprint density at radius 2 is 2.04 bits per heavy atom. The van der Waals surface area contributed by atoms with Crippen LogP contribution in [0.4, 0.5) is 5.88 Å². The number of nitrogens with zero attached hydrogens (tertiary/aromatic N) is 5. The van der Waals surface area contributed by atoms with Crippen molar-refractivity contribution in [2.75, 3.05) is 26.0 Å². The van der Waals surface area contributed by atoms with Gasteiger partial charge in [-0.3, -0.25) is 0 Å². The first kappa shape index (κ1) is 19.6. The van der Waals surface area contributed by atoms with Gasteiger partial charge in [-0.15, -0.1) is 0 Å². The number of aryl methyl sites for hydroxylation is 1. The van der Waals surface area contributed by atoms with Crippen molar-refractivity contribution < 1.29 is 12.8 Å². The number of benzene rings is 1. The van der Waals surface area contributed by atoms with Gasteiger partial charge in [0.25, 0.3) is 0 Å². The van der Waals surface area contributed by atoms with Crippen molar-refractivity contribution in [2.24, 2.45) is 0 Å². The summed E-state index contributed by atoms with van der Waals surface area (Å²) in [5.74, 6) is 0.551. The van der Waals surface area contributed by atoms with Gasteiger partial charge in [0.05, 0.1) is 11.2 Å². The van der Waals surface area contributed by atoms with Crippen LogP contribution in [0.15, 0.2) is 52.3 Å². The summed E-state index contributed by atoms with van der Waals surface area (Å²) in [7, 11) is -0.559. The number of hydrogen-bond donors (Lipinski definition) is 1. The number of rotatable bonds is 8. The van der Waals surface area contributed by atoms with E-state index in [4.69, 9.17) is 4.42 Å². The minimum atomic E-state index is -3.51. The second-order valence-electron chi connectivity index (χ2n) is 6.20. The molecule has 0 aliphatic heterocycles. The van der Waals surface area contributed by atoms with Crippen LogP contribution in [0.2, 0.25) is 0 Å². The number of hydrogen-bond acceptors (Lipinski definition) is 7. The second kappa shape index (κ2) is 8.24. The zero-order valence-electron chi connectivity index (χ0n) is 15.5. The maximum atomic E-state index is 12.1. The number of nitrogens with one attached hydrogen (secondary N) is 1. The molecule has 2 heterocycles. The van der Waals surface area contributed by atoms with Gasteiger partial charge in [-0.05, 0) is 30.7 Å². The van der Waals surface area contributed by atoms with E-state index in [0.717, 1.165) is 17.3 Å². The van der Waals surface area contributed by atoms with Crippen LogP contribution in [0.3, 0.4) is 0 Å². The van der Waals surface area contributed by atoms with E-state index in [-0.39, 0.29) is 16.5 Å². The smallest absolute Gasteiger partial charge is 0.242 e. The number of oxazole rings is 1. The van der Waals surface area contributed by atoms with Gasteiger partial charge in [0.2, 0.25) is 27.5 Å². The van der Waals surface area contributed by atoms with Crippen molar-refractivity contribution in [3.05, 3.63) is 48.7 Å². The quantitative estimate of drug-likeness (QED) is 0.576. The van der Waals surface area contributed by atoms with E-state index in [2.05, 4.69) is 15.3 Å². The number of nitriles is 1. The van der Waals surface area contributed by atoms with E-state index in [9.17, 15) is 13.7 Å². The summed E-state index contributed by atoms with van der Waals surface area (Å²) in [6.07, 6.45) is 6.16. The molecule has 0 bridgehead atoms. The Kier molecular flexibility index (Phi) is 5.77. The second-order valence-corrected chi connectivity index (χ2v) is 8.35. The van der Waals surface area contributed by atoms with E-state index in [1.54, 1.807) is 24.7 Å². The lowest BCUT2D eigenvalue weighted by molar-refractivity contribution is 0.520. The number of aromatic nitrogens is 3. The third-order valence-corrected chi connectivity index (χ3v) is 5.88. The average molecular weight is 400 g/mol. The Bertz CT molecular complexity index is 1060. The average Bonchev–Trinajstić information content (AvgIpc) is 3.35. The molecule has 0 atom stereocenters. The highest BCUT2D eigenvalue weighted by molar-refractivity contribution is 7.89. The molecule has 10 heteroatoms. The van der Waals surface area contributed by atoms with Gasteiger partial charge in [0, 0.05) is 45.1 Å². The van der Waals surface area contributed by atoms with Gasteiger partial charge in [-0.2, -0.15) is 10.2 Å². The van der Waals surface area contributed by atoms with Gasteiger partial charge in [-0.1, -0.05) is 0 Å². The molecule has 1 N–H and O–H groups in total. The fraction of sp³-hybridized carbons (Fsp3) is 0.278. The monoisotopic (exact) mass is 400 g/mol. The number of sulfonamides is 1. The Balaban J connectivity index is 1.70. The Morgan fingerprint density at radius 1 is 1.29 bits per heavy atom. The Morgan fingerprint density at radius 3 is 2.64 bits per heavy atom. The first-order valence-electron chi connectivity index (χ1n) is 8.55. The van der Waals surface area contributed by atoms with Crippen LogP contribution in [0.1, 0.15) is 12.1 Å². The van der Waals surface area contributed by atoms with Crippen LogP contribution in [-0.2, 0) is 16.6 Å². The first-order chi connectivity index (χ1) is 13.4. The summed E-state index contributed by atoms with van der Waals surface area (Å²) in [6, 6.07) is 8.18. The van der Waals surface area contributed by atoms with Crippen molar-refractivity contribution in [3.8, 4) is 17.5 Å². The highest BCUT2D eigenvalue weighted by Crippen LogP contribution is 2.26. The number of imidazole rings is 1. The molecule has 0 saturated carbocycles. The zero-order valence-corrected chi connectivity index (χ0v) is 16.3. The maximum Gasteiger partial charge on any atom is 0.242 e. The summed E-state index contributed by atoms with van der Waals surface area (Å²) in [6.45, 7) is 1.39. The Labute approximate surface area is 163 Å². The molecule has 146 valence electrons. The van der Waals surface area contributed by atoms with E-state index in [0.29, 0.717) is 18.0 Å². The third kappa shape index (κ3) is 4.21. The van der Waals surface area contributed by atoms with E-state index < -0.39 is 10.0 Å². The summed E-state index contributed by atoms with van der Waals surface area (Å²) < 4.78 is 33.1. The molecule has 3 aromatic rings. The van der Waals surface area contributed by atoms with Gasteiger partial charge in [0.1, 0.15) is 6.07 Å². The van der Waals surface area contributed by atoms with Crippen molar-refractivity contribution in [3.63, 3.8) is 0 Å². The summed E-state index contributed by atoms with van der Waals surface area (Å²) in [4.78, 5) is 8.35. The fourth-order valence-electron chi connectivity index (χ4n) is 2.50. The van der Waals surface area contributed by atoms with Crippen LogP contribution in [0, 0.1) is 11.3 Å². The lowest BCUT2D eigenvalue weighted by Gasteiger charge is -2.11. The van der Waals surface area contributed by atoms with Crippen LogP contribution >= 0.6 is 0 Å². The minimum absolute atomic E-state index is 0.155. The maximum absolute atomic E-state index is 12.1. The molecule has 0 spiro atoms. The van der Waals surface area contributed by atoms with Gasteiger partial charge >= 0.3 is 0 Å². The molecule has 0 amide bonds. The molecular formula is C18H20N6O3S. The molecule has 0 aliphatic carbocycles. The zero-order chi connectivity index (χ0) is 20.1. The van der Waals surface area contributed by atoms with E-state index >= 15 is 0 Å². The molecule has 0 saturated heterocycles. The largest absolute Gasteiger partial charge is 0.419 e. The summed E-state index contributed by atoms with van der Waals surface area (Å²) in [5, 5.41) is 12.4. The lowest BCUT2D eigenvalue weighted by atomic mass is 10.2. The van der Waals surface area contributed by atoms with E-state index in [1.807, 2.05) is 16.8 Å². The molecule has 9 nitrogen and oxygen atoms in total. The predicted octanol–water partition coefficient (Wildman–Crippen LogP) is 2.16. The van der Waals surface area contributed by atoms with Crippen molar-refractivity contribution in [2.45, 2.75) is 17.9 Å². The highest BCUT2D eigenvalue weighted by atomic mass is 32.2. The normalized spacial score (nSPS) is 11.5. The van der Waals surface area contributed by atoms with Crippen molar-refractivity contribution in [1.29, 1.82) is 5.26 Å². The Hall–Kier alpha value is -3.16. The number of anilines is 1. The molecule has 2 aromatic heterocycles. The molecule has 0 radical (unpaired) electrons. The third-order valence-electron chi connectivity index (χ3n) is 4.05. The molecule has 28 heavy (non-hydrogen) atoms. The van der Waals surface area contributed by atoms with Gasteiger partial charge in [-0.25, -0.2) is 17.7 Å². The SMILES string of the molecule is CN(C)S(=O)(=O)c1ccc(-c2nc(C#N)c(NCCCn3ccnc3)o2)cc1. The molecule has 3 rings (SSSR count). The van der Waals surface area contributed by atoms with Gasteiger partial charge in [0.15, 0.2) is 0 Å². The summed E-state index contributed by atoms with van der Waals surface area (Å²) in [5.41, 5.74) is 0.739. The highest BCUT2D eigenvalue weighted by Gasteiger charge is 2.18. The van der Waals surface area contributed by atoms with Crippen LogP contribution < -0.4 is 5.32 Å². The lowest BCUT2D eigenvalue weighted by Crippen LogP contribution is -2.22. The molecule has 0 aliphatic rings. The van der Waals surface area contributed by atoms with Crippen LogP contribution in [0.25, 0.3) is 11.5 Å². The fourth-order valence-corrected chi connectivity index (χ4v) is 3.40. The summed E-state index contributed by atoms with van der Waals surface area (Å²) >= 11 is 0. The molecule has 0 fully saturated rings. The predicted molar refractivity (Wildman–Crippen MR) is 103 cm³/mol. The molecule has 0 unspecified atom stereocenters. The standard InChI is InChI=1S/C18H20N6O3S/c1-23(2)28(25,26)15-6-4-14(5-7-15)17-22-16(12-19)18(27-17)21-8-3-10-24-11-9-20-13-24/h4-7,9,11,13,21H,3,8,10H2,1-2H3. The van der Waals surface area contributed by atoms with Crippen molar-refractivity contribution in [1.82, 2.24) is 18.8 Å². The molecule has 1 aromatic carbocycles. The van der Waals surface area contributed by atoms with E-state index in [1.165, 1.54) is 26.2 Å². The van der Waals surface area contributed by atoms with Crippen LogP contribution in [-0.4, -0.2) is 47.9 Å². The van der Waals surface area contributed by atoms with Crippen LogP contribution in [0.5, 0.6) is 0 Å². The van der Waals surface area contributed by atoms with Gasteiger partial charge < -0.3 is 14.3 Å². The van der Waals surface area contributed by atoms with Crippen molar-refractivity contribution >= 4 is 15.9 Å². The molecular weight excluding hydrogens is 380 g/mol. The minimum Gasteiger partial charge on any atom is -0.419 e. The topological polar surface area (TPSA) is 117 Å².